The molecule has 0 radical (unpaired) electrons. The molecule has 1 aromatic heterocycles. The van der Waals surface area contributed by atoms with Crippen LogP contribution in [0, 0.1) is 18.7 Å². The number of rotatable bonds is 3. The Kier molecular flexibility index (Phi) is 4.47. The molecule has 3 nitrogen and oxygen atoms in total. The fourth-order valence-corrected chi connectivity index (χ4v) is 4.02. The van der Waals surface area contributed by atoms with E-state index in [0.717, 1.165) is 6.54 Å². The van der Waals surface area contributed by atoms with E-state index in [2.05, 4.69) is 37.3 Å². The average molecular weight is 346 g/mol. The van der Waals surface area contributed by atoms with Gasteiger partial charge in [-0.1, -0.05) is 32.9 Å². The van der Waals surface area contributed by atoms with Gasteiger partial charge in [0.1, 0.15) is 5.82 Å². The fraction of sp³-hybridized carbons (Fsp3) is 0.474. The number of thiazole rings is 1. The van der Waals surface area contributed by atoms with Gasteiger partial charge in [0.25, 0.3) is 5.91 Å². The van der Waals surface area contributed by atoms with Gasteiger partial charge in [0, 0.05) is 17.1 Å². The zero-order chi connectivity index (χ0) is 17.5. The van der Waals surface area contributed by atoms with Crippen molar-refractivity contribution in [2.75, 3.05) is 0 Å². The second-order valence-corrected chi connectivity index (χ2v) is 8.48. The largest absolute Gasteiger partial charge is 0.320 e. The Bertz CT molecular complexity index is 838. The molecule has 24 heavy (non-hydrogen) atoms. The number of hydrogen-bond acceptors (Lipinski definition) is 2. The minimum atomic E-state index is -0.524. The molecule has 1 aliphatic carbocycles. The Morgan fingerprint density at radius 2 is 2.00 bits per heavy atom. The molecule has 0 bridgehead atoms. The molecule has 0 spiro atoms. The Morgan fingerprint density at radius 1 is 1.33 bits per heavy atom. The van der Waals surface area contributed by atoms with Gasteiger partial charge in [-0.3, -0.25) is 4.79 Å². The predicted molar refractivity (Wildman–Crippen MR) is 94.8 cm³/mol. The van der Waals surface area contributed by atoms with Crippen LogP contribution in [0.15, 0.2) is 29.3 Å². The van der Waals surface area contributed by atoms with E-state index in [0.29, 0.717) is 10.7 Å². The minimum Gasteiger partial charge on any atom is -0.320 e. The van der Waals surface area contributed by atoms with Crippen molar-refractivity contribution in [3.63, 3.8) is 0 Å². The lowest BCUT2D eigenvalue weighted by Crippen LogP contribution is -2.20. The molecule has 1 saturated carbocycles. The zero-order valence-corrected chi connectivity index (χ0v) is 15.4. The lowest BCUT2D eigenvalue weighted by Gasteiger charge is -2.17. The predicted octanol–water partition coefficient (Wildman–Crippen LogP) is 4.45. The van der Waals surface area contributed by atoms with Gasteiger partial charge in [0.2, 0.25) is 0 Å². The van der Waals surface area contributed by atoms with Crippen molar-refractivity contribution in [3.05, 3.63) is 51.0 Å². The average Bonchev–Trinajstić information content (AvgIpc) is 3.26. The molecule has 0 N–H and O–H groups in total. The molecule has 1 fully saturated rings. The molecular weight excluding hydrogens is 323 g/mol. The first-order valence-corrected chi connectivity index (χ1v) is 9.13. The SMILES string of the molecule is Cc1c(C(C)(C)C)s/c(=N\C(=O)c2ccccc2F)n1CC1CC1. The normalized spacial score (nSPS) is 15.8. The van der Waals surface area contributed by atoms with Gasteiger partial charge in [-0.05, 0) is 43.2 Å². The highest BCUT2D eigenvalue weighted by Gasteiger charge is 2.27. The third-order valence-electron chi connectivity index (χ3n) is 4.28. The van der Waals surface area contributed by atoms with Gasteiger partial charge >= 0.3 is 0 Å². The first kappa shape index (κ1) is 17.1. The number of carbonyl (C=O) groups is 1. The van der Waals surface area contributed by atoms with Crippen molar-refractivity contribution < 1.29 is 9.18 Å². The summed E-state index contributed by atoms with van der Waals surface area (Å²) < 4.78 is 16.0. The molecule has 3 rings (SSSR count). The van der Waals surface area contributed by atoms with Gasteiger partial charge in [0.05, 0.1) is 5.56 Å². The summed E-state index contributed by atoms with van der Waals surface area (Å²) >= 11 is 1.54. The van der Waals surface area contributed by atoms with E-state index in [-0.39, 0.29) is 11.0 Å². The van der Waals surface area contributed by atoms with E-state index in [1.807, 2.05) is 0 Å². The van der Waals surface area contributed by atoms with E-state index < -0.39 is 11.7 Å². The molecule has 0 atom stereocenters. The third kappa shape index (κ3) is 3.51. The summed E-state index contributed by atoms with van der Waals surface area (Å²) in [5.74, 6) is -0.364. The van der Waals surface area contributed by atoms with Crippen molar-refractivity contribution in [2.45, 2.75) is 52.5 Å². The Morgan fingerprint density at radius 3 is 2.58 bits per heavy atom. The maximum absolute atomic E-state index is 13.9. The number of benzene rings is 1. The van der Waals surface area contributed by atoms with Gasteiger partial charge in [-0.25, -0.2) is 4.39 Å². The Hall–Kier alpha value is -1.75. The van der Waals surface area contributed by atoms with E-state index in [1.165, 1.54) is 35.5 Å². The molecule has 2 aromatic rings. The summed E-state index contributed by atoms with van der Waals surface area (Å²) in [6, 6.07) is 6.01. The van der Waals surface area contributed by atoms with E-state index in [4.69, 9.17) is 0 Å². The van der Waals surface area contributed by atoms with Crippen LogP contribution >= 0.6 is 11.3 Å². The van der Waals surface area contributed by atoms with E-state index in [1.54, 1.807) is 23.5 Å². The quantitative estimate of drug-likeness (QED) is 0.809. The second-order valence-electron chi connectivity index (χ2n) is 7.50. The minimum absolute atomic E-state index is 0.00509. The summed E-state index contributed by atoms with van der Waals surface area (Å²) in [6.07, 6.45) is 2.46. The molecule has 0 unspecified atom stereocenters. The molecule has 0 aliphatic heterocycles. The summed E-state index contributed by atoms with van der Waals surface area (Å²) in [4.78, 5) is 18.6. The van der Waals surface area contributed by atoms with Crippen molar-refractivity contribution in [3.8, 4) is 0 Å². The Balaban J connectivity index is 2.08. The molecule has 1 aliphatic rings. The molecule has 0 saturated heterocycles. The van der Waals surface area contributed by atoms with E-state index in [9.17, 15) is 9.18 Å². The smallest absolute Gasteiger partial charge is 0.282 e. The Labute approximate surface area is 145 Å². The van der Waals surface area contributed by atoms with Crippen LogP contribution in [0.1, 0.15) is 54.5 Å². The number of aromatic nitrogens is 1. The zero-order valence-electron chi connectivity index (χ0n) is 14.6. The molecular formula is C19H23FN2OS. The monoisotopic (exact) mass is 346 g/mol. The fourth-order valence-electron chi connectivity index (χ4n) is 2.82. The van der Waals surface area contributed by atoms with Crippen LogP contribution in [-0.4, -0.2) is 10.5 Å². The maximum atomic E-state index is 13.9. The van der Waals surface area contributed by atoms with Crippen LogP contribution in [0.2, 0.25) is 0 Å². The van der Waals surface area contributed by atoms with E-state index >= 15 is 0 Å². The van der Waals surface area contributed by atoms with Gasteiger partial charge < -0.3 is 4.57 Å². The van der Waals surface area contributed by atoms with Crippen LogP contribution in [-0.2, 0) is 12.0 Å². The first-order valence-electron chi connectivity index (χ1n) is 8.31. The number of carbonyl (C=O) groups excluding carboxylic acids is 1. The van der Waals surface area contributed by atoms with Crippen LogP contribution in [0.25, 0.3) is 0 Å². The second kappa shape index (κ2) is 6.28. The summed E-state index contributed by atoms with van der Waals surface area (Å²) in [5, 5.41) is 0. The molecule has 5 heteroatoms. The van der Waals surface area contributed by atoms with Crippen LogP contribution in [0.3, 0.4) is 0 Å². The maximum Gasteiger partial charge on any atom is 0.282 e. The van der Waals surface area contributed by atoms with Gasteiger partial charge in [-0.15, -0.1) is 11.3 Å². The van der Waals surface area contributed by atoms with Gasteiger partial charge in [-0.2, -0.15) is 4.99 Å². The topological polar surface area (TPSA) is 34.4 Å². The standard InChI is InChI=1S/C19H23FN2OS/c1-12-16(19(2,3)4)24-18(22(12)11-13-9-10-13)21-17(23)14-7-5-6-8-15(14)20/h5-8,13H,9-11H2,1-4H3/b21-18-. The highest BCUT2D eigenvalue weighted by molar-refractivity contribution is 7.09. The first-order chi connectivity index (χ1) is 11.3. The van der Waals surface area contributed by atoms with Crippen molar-refractivity contribution in [1.29, 1.82) is 0 Å². The summed E-state index contributed by atoms with van der Waals surface area (Å²) in [7, 11) is 0. The summed E-state index contributed by atoms with van der Waals surface area (Å²) in [6.45, 7) is 9.47. The third-order valence-corrected chi connectivity index (χ3v) is 5.88. The van der Waals surface area contributed by atoms with Crippen LogP contribution in [0.5, 0.6) is 0 Å². The van der Waals surface area contributed by atoms with Crippen molar-refractivity contribution >= 4 is 17.2 Å². The highest BCUT2D eigenvalue weighted by Crippen LogP contribution is 2.33. The van der Waals surface area contributed by atoms with Gasteiger partial charge in [0.15, 0.2) is 4.80 Å². The molecule has 1 aromatic carbocycles. The van der Waals surface area contributed by atoms with Crippen molar-refractivity contribution in [1.82, 2.24) is 4.57 Å². The number of nitrogens with zero attached hydrogens (tertiary/aromatic N) is 2. The van der Waals surface area contributed by atoms with Crippen LogP contribution in [0.4, 0.5) is 4.39 Å². The number of amides is 1. The molecule has 1 amide bonds. The number of hydrogen-bond donors (Lipinski definition) is 0. The lowest BCUT2D eigenvalue weighted by atomic mass is 9.93. The van der Waals surface area contributed by atoms with Crippen LogP contribution < -0.4 is 4.80 Å². The lowest BCUT2D eigenvalue weighted by molar-refractivity contribution is 0.0994. The highest BCUT2D eigenvalue weighted by atomic mass is 32.1. The molecule has 1 heterocycles. The molecule has 128 valence electrons. The van der Waals surface area contributed by atoms with Crippen molar-refractivity contribution in [2.24, 2.45) is 10.9 Å². The summed E-state index contributed by atoms with van der Waals surface area (Å²) in [5.41, 5.74) is 1.19. The number of halogens is 1.